The largest absolute Gasteiger partial charge is 0.378 e. The van der Waals surface area contributed by atoms with Crippen LogP contribution in [-0.4, -0.2) is 26.4 Å². The van der Waals surface area contributed by atoms with Crippen LogP contribution in [0.3, 0.4) is 0 Å². The molecule has 0 spiro atoms. The summed E-state index contributed by atoms with van der Waals surface area (Å²) in [5.74, 6) is 0. The van der Waals surface area contributed by atoms with E-state index in [0.29, 0.717) is 0 Å². The second-order valence-corrected chi connectivity index (χ2v) is 5.20. The fourth-order valence-electron chi connectivity index (χ4n) is 2.40. The van der Waals surface area contributed by atoms with Gasteiger partial charge < -0.3 is 4.90 Å². The van der Waals surface area contributed by atoms with E-state index < -0.39 is 0 Å². The van der Waals surface area contributed by atoms with E-state index in [9.17, 15) is 0 Å². The van der Waals surface area contributed by atoms with Gasteiger partial charge in [-0.15, -0.1) is 0 Å². The van der Waals surface area contributed by atoms with E-state index in [1.165, 1.54) is 17.0 Å². The zero-order chi connectivity index (χ0) is 13.9. The Kier molecular flexibility index (Phi) is 3.42. The summed E-state index contributed by atoms with van der Waals surface area (Å²) in [6.45, 7) is 0.953. The number of hydrogen-bond donors (Lipinski definition) is 0. The maximum absolute atomic E-state index is 4.74. The van der Waals surface area contributed by atoms with Gasteiger partial charge in [0, 0.05) is 32.7 Å². The molecular formula is C17H19N3. The molecule has 0 atom stereocenters. The predicted octanol–water partition coefficient (Wildman–Crippen LogP) is 3.37. The van der Waals surface area contributed by atoms with Gasteiger partial charge in [-0.3, -0.25) is 5.01 Å². The topological polar surface area (TPSA) is 18.8 Å². The molecule has 0 fully saturated rings. The molecule has 1 aliphatic rings. The Labute approximate surface area is 120 Å². The second kappa shape index (κ2) is 5.37. The van der Waals surface area contributed by atoms with E-state index in [0.717, 1.165) is 18.7 Å². The average Bonchev–Trinajstić information content (AvgIpc) is 2.98. The van der Waals surface area contributed by atoms with Gasteiger partial charge in [-0.25, -0.2) is 0 Å². The second-order valence-electron chi connectivity index (χ2n) is 5.20. The molecule has 2 aromatic rings. The summed E-state index contributed by atoms with van der Waals surface area (Å²) < 4.78 is 0. The van der Waals surface area contributed by atoms with Crippen LogP contribution < -0.4 is 9.91 Å². The van der Waals surface area contributed by atoms with Gasteiger partial charge in [-0.2, -0.15) is 5.10 Å². The van der Waals surface area contributed by atoms with Crippen LogP contribution in [0.25, 0.3) is 0 Å². The third-order valence-corrected chi connectivity index (χ3v) is 3.57. The molecule has 3 heteroatoms. The van der Waals surface area contributed by atoms with Crippen LogP contribution in [0.15, 0.2) is 59.7 Å². The van der Waals surface area contributed by atoms with Crippen LogP contribution in [0, 0.1) is 0 Å². The molecule has 2 aromatic carbocycles. The third-order valence-electron chi connectivity index (χ3n) is 3.57. The zero-order valence-electron chi connectivity index (χ0n) is 12.0. The number of hydrogen-bond acceptors (Lipinski definition) is 3. The first-order chi connectivity index (χ1) is 9.74. The Morgan fingerprint density at radius 3 is 2.30 bits per heavy atom. The predicted molar refractivity (Wildman–Crippen MR) is 85.7 cm³/mol. The minimum atomic E-state index is 0.953. The lowest BCUT2D eigenvalue weighted by Gasteiger charge is -2.13. The third kappa shape index (κ3) is 2.52. The molecule has 0 bridgehead atoms. The lowest BCUT2D eigenvalue weighted by molar-refractivity contribution is 0.922. The van der Waals surface area contributed by atoms with Gasteiger partial charge in [0.05, 0.1) is 11.4 Å². The lowest BCUT2D eigenvalue weighted by Crippen LogP contribution is -2.11. The van der Waals surface area contributed by atoms with E-state index in [4.69, 9.17) is 5.10 Å². The standard InChI is InChI=1S/C17H19N3/c1-19(2)15-10-8-14(9-11-15)17-12-13-20(18-17)16-6-4-3-5-7-16/h3-11H,12-13H2,1-2H3. The summed E-state index contributed by atoms with van der Waals surface area (Å²) in [5, 5.41) is 6.82. The Morgan fingerprint density at radius 2 is 1.65 bits per heavy atom. The first-order valence-corrected chi connectivity index (χ1v) is 6.92. The van der Waals surface area contributed by atoms with Gasteiger partial charge in [-0.05, 0) is 29.8 Å². The number of benzene rings is 2. The van der Waals surface area contributed by atoms with Gasteiger partial charge in [0.2, 0.25) is 0 Å². The maximum atomic E-state index is 4.74. The summed E-state index contributed by atoms with van der Waals surface area (Å²) in [6, 6.07) is 18.9. The monoisotopic (exact) mass is 265 g/mol. The van der Waals surface area contributed by atoms with Crippen LogP contribution in [0.4, 0.5) is 11.4 Å². The molecule has 3 nitrogen and oxygen atoms in total. The number of para-hydroxylation sites is 1. The summed E-state index contributed by atoms with van der Waals surface area (Å²) >= 11 is 0. The van der Waals surface area contributed by atoms with E-state index in [1.54, 1.807) is 0 Å². The zero-order valence-corrected chi connectivity index (χ0v) is 12.0. The molecule has 20 heavy (non-hydrogen) atoms. The summed E-state index contributed by atoms with van der Waals surface area (Å²) in [7, 11) is 4.11. The molecular weight excluding hydrogens is 246 g/mol. The highest BCUT2D eigenvalue weighted by Crippen LogP contribution is 2.22. The van der Waals surface area contributed by atoms with E-state index in [2.05, 4.69) is 72.5 Å². The highest BCUT2D eigenvalue weighted by atomic mass is 15.5. The lowest BCUT2D eigenvalue weighted by atomic mass is 10.1. The Bertz CT molecular complexity index is 600. The molecule has 0 amide bonds. The fourth-order valence-corrected chi connectivity index (χ4v) is 2.40. The van der Waals surface area contributed by atoms with Gasteiger partial charge in [0.25, 0.3) is 0 Å². The molecule has 0 aromatic heterocycles. The minimum Gasteiger partial charge on any atom is -0.378 e. The molecule has 1 heterocycles. The first-order valence-electron chi connectivity index (χ1n) is 6.92. The summed E-state index contributed by atoms with van der Waals surface area (Å²) in [6.07, 6.45) is 0.996. The van der Waals surface area contributed by atoms with Crippen molar-refractivity contribution in [2.24, 2.45) is 5.10 Å². The van der Waals surface area contributed by atoms with Gasteiger partial charge in [0.1, 0.15) is 0 Å². The van der Waals surface area contributed by atoms with Crippen LogP contribution >= 0.6 is 0 Å². The van der Waals surface area contributed by atoms with Crippen molar-refractivity contribution < 1.29 is 0 Å². The molecule has 0 aliphatic carbocycles. The summed E-state index contributed by atoms with van der Waals surface area (Å²) in [4.78, 5) is 2.11. The van der Waals surface area contributed by atoms with Gasteiger partial charge in [0.15, 0.2) is 0 Å². The van der Waals surface area contributed by atoms with E-state index >= 15 is 0 Å². The minimum absolute atomic E-state index is 0.953. The molecule has 3 rings (SSSR count). The van der Waals surface area contributed by atoms with Crippen LogP contribution in [0.5, 0.6) is 0 Å². The molecule has 1 aliphatic heterocycles. The van der Waals surface area contributed by atoms with Gasteiger partial charge >= 0.3 is 0 Å². The van der Waals surface area contributed by atoms with E-state index in [1.807, 2.05) is 6.07 Å². The quantitative estimate of drug-likeness (QED) is 0.847. The smallest absolute Gasteiger partial charge is 0.0700 e. The normalized spacial score (nSPS) is 14.3. The van der Waals surface area contributed by atoms with E-state index in [-0.39, 0.29) is 0 Å². The average molecular weight is 265 g/mol. The van der Waals surface area contributed by atoms with Crippen molar-refractivity contribution in [1.29, 1.82) is 0 Å². The summed E-state index contributed by atoms with van der Waals surface area (Å²) in [5.41, 5.74) is 4.76. The van der Waals surface area contributed by atoms with Gasteiger partial charge in [-0.1, -0.05) is 30.3 Å². The Balaban J connectivity index is 1.81. The number of hydrazone groups is 1. The van der Waals surface area contributed by atoms with Crippen LogP contribution in [0.1, 0.15) is 12.0 Å². The number of rotatable bonds is 3. The molecule has 0 radical (unpaired) electrons. The Morgan fingerprint density at radius 1 is 0.950 bits per heavy atom. The number of nitrogens with zero attached hydrogens (tertiary/aromatic N) is 3. The SMILES string of the molecule is CN(C)c1ccc(C2=NN(c3ccccc3)CC2)cc1. The van der Waals surface area contributed by atoms with Crippen LogP contribution in [0.2, 0.25) is 0 Å². The molecule has 0 saturated carbocycles. The Hall–Kier alpha value is -2.29. The van der Waals surface area contributed by atoms with Crippen LogP contribution in [-0.2, 0) is 0 Å². The van der Waals surface area contributed by atoms with Crippen molar-refractivity contribution in [3.63, 3.8) is 0 Å². The van der Waals surface area contributed by atoms with Crippen molar-refractivity contribution in [3.05, 3.63) is 60.2 Å². The van der Waals surface area contributed by atoms with Crippen molar-refractivity contribution in [2.75, 3.05) is 30.5 Å². The molecule has 102 valence electrons. The highest BCUT2D eigenvalue weighted by Gasteiger charge is 2.16. The first kappa shape index (κ1) is 12.7. The molecule has 0 saturated heterocycles. The molecule has 0 unspecified atom stereocenters. The number of anilines is 2. The highest BCUT2D eigenvalue weighted by molar-refractivity contribution is 6.02. The van der Waals surface area contributed by atoms with Crippen molar-refractivity contribution in [2.45, 2.75) is 6.42 Å². The maximum Gasteiger partial charge on any atom is 0.0700 e. The molecule has 0 N–H and O–H groups in total. The van der Waals surface area contributed by atoms with Crippen molar-refractivity contribution >= 4 is 17.1 Å². The van der Waals surface area contributed by atoms with Crippen molar-refractivity contribution in [1.82, 2.24) is 0 Å². The fraction of sp³-hybridized carbons (Fsp3) is 0.235. The van der Waals surface area contributed by atoms with Crippen molar-refractivity contribution in [3.8, 4) is 0 Å².